The Morgan fingerprint density at radius 1 is 1.39 bits per heavy atom. The van der Waals surface area contributed by atoms with E-state index in [0.29, 0.717) is 12.3 Å². The third-order valence-electron chi connectivity index (χ3n) is 2.58. The van der Waals surface area contributed by atoms with Gasteiger partial charge in [-0.2, -0.15) is 0 Å². The molecule has 0 amide bonds. The van der Waals surface area contributed by atoms with E-state index >= 15 is 0 Å². The molecule has 18 heavy (non-hydrogen) atoms. The second kappa shape index (κ2) is 7.70. The average molecular weight is 281 g/mol. The van der Waals surface area contributed by atoms with Crippen molar-refractivity contribution in [2.45, 2.75) is 32.8 Å². The number of aliphatic carboxylic acids is 1. The molecule has 0 radical (unpaired) electrons. The Morgan fingerprint density at radius 3 is 2.33 bits per heavy atom. The quantitative estimate of drug-likeness (QED) is 0.675. The highest BCUT2D eigenvalue weighted by atomic mass is 32.2. The van der Waals surface area contributed by atoms with Crippen molar-refractivity contribution in [2.24, 2.45) is 5.92 Å². The van der Waals surface area contributed by atoms with Gasteiger partial charge >= 0.3 is 5.97 Å². The van der Waals surface area contributed by atoms with E-state index in [-0.39, 0.29) is 24.8 Å². The van der Waals surface area contributed by atoms with E-state index in [1.54, 1.807) is 0 Å². The summed E-state index contributed by atoms with van der Waals surface area (Å²) in [6.07, 6.45) is 0.0994. The highest BCUT2D eigenvalue weighted by Gasteiger charge is 2.24. The van der Waals surface area contributed by atoms with E-state index < -0.39 is 16.0 Å². The standard InChI is InChI=1S/C11H23NO5S/c1-9(2)7-10(17-4)8-18(15,16)12(3)6-5-11(13)14/h9-10H,5-8H2,1-4H3,(H,13,14). The normalized spacial score (nSPS) is 14.1. The molecule has 0 bridgehead atoms. The van der Waals surface area contributed by atoms with Crippen LogP contribution in [0.3, 0.4) is 0 Å². The minimum Gasteiger partial charge on any atom is -0.481 e. The number of carboxylic acid groups (broad SMARTS) is 1. The lowest BCUT2D eigenvalue weighted by molar-refractivity contribution is -0.137. The molecule has 1 atom stereocenters. The molecule has 0 fully saturated rings. The number of methoxy groups -OCH3 is 1. The fourth-order valence-electron chi connectivity index (χ4n) is 1.51. The summed E-state index contributed by atoms with van der Waals surface area (Å²) in [5.74, 6) is -0.783. The highest BCUT2D eigenvalue weighted by molar-refractivity contribution is 7.89. The van der Waals surface area contributed by atoms with Gasteiger partial charge in [0.05, 0.1) is 18.3 Å². The number of hydrogen-bond donors (Lipinski definition) is 1. The van der Waals surface area contributed by atoms with Crippen molar-refractivity contribution in [3.05, 3.63) is 0 Å². The molecule has 1 unspecified atom stereocenters. The summed E-state index contributed by atoms with van der Waals surface area (Å²) < 4.78 is 30.1. The predicted octanol–water partition coefficient (Wildman–Crippen LogP) is 0.784. The summed E-state index contributed by atoms with van der Waals surface area (Å²) in [5.41, 5.74) is 0. The Bertz CT molecular complexity index is 352. The van der Waals surface area contributed by atoms with Crippen molar-refractivity contribution >= 4 is 16.0 Å². The first-order valence-corrected chi connectivity index (χ1v) is 7.48. The molecule has 0 saturated carbocycles. The summed E-state index contributed by atoms with van der Waals surface area (Å²) in [5, 5.41) is 8.53. The number of ether oxygens (including phenoxy) is 1. The predicted molar refractivity (Wildman–Crippen MR) is 68.9 cm³/mol. The number of sulfonamides is 1. The van der Waals surface area contributed by atoms with E-state index in [1.165, 1.54) is 14.2 Å². The van der Waals surface area contributed by atoms with Gasteiger partial charge in [0.1, 0.15) is 0 Å². The molecule has 0 saturated heterocycles. The Balaban J connectivity index is 4.47. The van der Waals surface area contributed by atoms with Gasteiger partial charge < -0.3 is 9.84 Å². The van der Waals surface area contributed by atoms with E-state index in [4.69, 9.17) is 9.84 Å². The molecule has 0 aliphatic rings. The van der Waals surface area contributed by atoms with E-state index in [0.717, 1.165) is 4.31 Å². The maximum absolute atomic E-state index is 11.9. The zero-order valence-electron chi connectivity index (χ0n) is 11.4. The third-order valence-corrected chi connectivity index (χ3v) is 4.50. The lowest BCUT2D eigenvalue weighted by Gasteiger charge is -2.21. The Labute approximate surface area is 109 Å². The molecule has 0 aromatic rings. The van der Waals surface area contributed by atoms with Crippen molar-refractivity contribution < 1.29 is 23.1 Å². The lowest BCUT2D eigenvalue weighted by atomic mass is 10.1. The maximum Gasteiger partial charge on any atom is 0.304 e. The Kier molecular flexibility index (Phi) is 7.42. The smallest absolute Gasteiger partial charge is 0.304 e. The average Bonchev–Trinajstić information content (AvgIpc) is 2.23. The number of hydrogen-bond acceptors (Lipinski definition) is 4. The zero-order valence-corrected chi connectivity index (χ0v) is 12.2. The van der Waals surface area contributed by atoms with Crippen molar-refractivity contribution in [3.63, 3.8) is 0 Å². The highest BCUT2D eigenvalue weighted by Crippen LogP contribution is 2.12. The van der Waals surface area contributed by atoms with Gasteiger partial charge in [-0.05, 0) is 12.3 Å². The fraction of sp³-hybridized carbons (Fsp3) is 0.909. The summed E-state index contributed by atoms with van der Waals surface area (Å²) in [6, 6.07) is 0. The van der Waals surface area contributed by atoms with Crippen LogP contribution < -0.4 is 0 Å². The minimum atomic E-state index is -3.47. The molecule has 7 heteroatoms. The topological polar surface area (TPSA) is 83.9 Å². The second-order valence-electron chi connectivity index (χ2n) is 4.73. The van der Waals surface area contributed by atoms with E-state index in [1.807, 2.05) is 13.8 Å². The van der Waals surface area contributed by atoms with Crippen molar-refractivity contribution in [1.29, 1.82) is 0 Å². The van der Waals surface area contributed by atoms with Crippen LogP contribution in [0.4, 0.5) is 0 Å². The molecular formula is C11H23NO5S. The first-order valence-electron chi connectivity index (χ1n) is 5.87. The van der Waals surface area contributed by atoms with Gasteiger partial charge in [-0.15, -0.1) is 0 Å². The van der Waals surface area contributed by atoms with E-state index in [9.17, 15) is 13.2 Å². The number of carbonyl (C=O) groups is 1. The fourth-order valence-corrected chi connectivity index (χ4v) is 2.88. The van der Waals surface area contributed by atoms with Crippen molar-refractivity contribution in [3.8, 4) is 0 Å². The molecule has 0 aliphatic carbocycles. The molecule has 0 aromatic carbocycles. The molecule has 0 spiro atoms. The molecule has 1 N–H and O–H groups in total. The first kappa shape index (κ1) is 17.3. The Morgan fingerprint density at radius 2 is 1.94 bits per heavy atom. The molecule has 6 nitrogen and oxygen atoms in total. The van der Waals surface area contributed by atoms with Gasteiger partial charge in [0.15, 0.2) is 0 Å². The monoisotopic (exact) mass is 281 g/mol. The molecule has 0 aromatic heterocycles. The van der Waals surface area contributed by atoms with Crippen molar-refractivity contribution in [1.82, 2.24) is 4.31 Å². The van der Waals surface area contributed by atoms with Crippen molar-refractivity contribution in [2.75, 3.05) is 26.5 Å². The minimum absolute atomic E-state index is 0.0181. The molecule has 0 rings (SSSR count). The van der Waals surface area contributed by atoms with Crippen LogP contribution in [0.5, 0.6) is 0 Å². The number of nitrogens with zero attached hydrogens (tertiary/aromatic N) is 1. The van der Waals surface area contributed by atoms with Crippen LogP contribution in [0.25, 0.3) is 0 Å². The molecule has 0 aliphatic heterocycles. The third kappa shape index (κ3) is 6.93. The lowest BCUT2D eigenvalue weighted by Crippen LogP contribution is -2.36. The summed E-state index contributed by atoms with van der Waals surface area (Å²) in [7, 11) is -0.593. The molecular weight excluding hydrogens is 258 g/mol. The van der Waals surface area contributed by atoms with Gasteiger partial charge in [-0.25, -0.2) is 12.7 Å². The molecule has 0 heterocycles. The van der Waals surface area contributed by atoms with Crippen LogP contribution in [0.15, 0.2) is 0 Å². The number of rotatable bonds is 9. The summed E-state index contributed by atoms with van der Waals surface area (Å²) in [6.45, 7) is 3.97. The van der Waals surface area contributed by atoms with Crippen LogP contribution in [-0.4, -0.2) is 56.4 Å². The van der Waals surface area contributed by atoms with Gasteiger partial charge in [0.25, 0.3) is 0 Å². The van der Waals surface area contributed by atoms with E-state index in [2.05, 4.69) is 0 Å². The van der Waals surface area contributed by atoms with Gasteiger partial charge in [0.2, 0.25) is 10.0 Å². The SMILES string of the molecule is COC(CC(C)C)CS(=O)(=O)N(C)CCC(=O)O. The summed E-state index contributed by atoms with van der Waals surface area (Å²) in [4.78, 5) is 10.4. The van der Waals surface area contributed by atoms with Gasteiger partial charge in [0, 0.05) is 20.7 Å². The Hall–Kier alpha value is -0.660. The van der Waals surface area contributed by atoms with Crippen LogP contribution in [0, 0.1) is 5.92 Å². The van der Waals surface area contributed by atoms with Crippen LogP contribution in [0.2, 0.25) is 0 Å². The maximum atomic E-state index is 11.9. The molecule has 108 valence electrons. The zero-order chi connectivity index (χ0) is 14.3. The number of carboxylic acids is 1. The second-order valence-corrected chi connectivity index (χ2v) is 6.85. The van der Waals surface area contributed by atoms with Crippen LogP contribution in [-0.2, 0) is 19.6 Å². The van der Waals surface area contributed by atoms with Gasteiger partial charge in [-0.3, -0.25) is 4.79 Å². The largest absolute Gasteiger partial charge is 0.481 e. The first-order chi connectivity index (χ1) is 8.19. The van der Waals surface area contributed by atoms with Gasteiger partial charge in [-0.1, -0.05) is 13.8 Å². The summed E-state index contributed by atoms with van der Waals surface area (Å²) >= 11 is 0. The van der Waals surface area contributed by atoms with Crippen LogP contribution >= 0.6 is 0 Å². The van der Waals surface area contributed by atoms with Crippen LogP contribution in [0.1, 0.15) is 26.7 Å².